The zero-order chi connectivity index (χ0) is 11.9. The van der Waals surface area contributed by atoms with E-state index in [1.807, 2.05) is 12.1 Å². The molecule has 2 rings (SSSR count). The minimum atomic E-state index is -0.282. The van der Waals surface area contributed by atoms with Crippen molar-refractivity contribution in [2.24, 2.45) is 5.92 Å². The first kappa shape index (κ1) is 12.4. The van der Waals surface area contributed by atoms with E-state index in [1.165, 1.54) is 31.2 Å². The molecule has 1 aliphatic rings. The van der Waals surface area contributed by atoms with E-state index in [0.29, 0.717) is 0 Å². The molecule has 0 saturated heterocycles. The SMILES string of the molecule is O[C@@H](/C=C/C1CCCC1)CCc1ccccc1. The van der Waals surface area contributed by atoms with E-state index < -0.39 is 0 Å². The third-order valence-electron chi connectivity index (χ3n) is 3.58. The van der Waals surface area contributed by atoms with E-state index >= 15 is 0 Å². The van der Waals surface area contributed by atoms with Crippen molar-refractivity contribution in [1.82, 2.24) is 0 Å². The second-order valence-electron chi connectivity index (χ2n) is 5.02. The normalized spacial score (nSPS) is 18.9. The van der Waals surface area contributed by atoms with Crippen LogP contribution in [0.2, 0.25) is 0 Å². The Morgan fingerprint density at radius 2 is 1.88 bits per heavy atom. The summed E-state index contributed by atoms with van der Waals surface area (Å²) in [5, 5.41) is 9.88. The summed E-state index contributed by atoms with van der Waals surface area (Å²) in [4.78, 5) is 0. The summed E-state index contributed by atoms with van der Waals surface area (Å²) in [6, 6.07) is 10.4. The van der Waals surface area contributed by atoms with Gasteiger partial charge >= 0.3 is 0 Å². The topological polar surface area (TPSA) is 20.2 Å². The maximum atomic E-state index is 9.88. The van der Waals surface area contributed by atoms with Crippen LogP contribution < -0.4 is 0 Å². The molecule has 0 spiro atoms. The van der Waals surface area contributed by atoms with E-state index in [4.69, 9.17) is 0 Å². The van der Waals surface area contributed by atoms with Gasteiger partial charge in [0.05, 0.1) is 6.10 Å². The maximum absolute atomic E-state index is 9.88. The molecule has 1 aromatic rings. The summed E-state index contributed by atoms with van der Waals surface area (Å²) in [5.74, 6) is 0.723. The number of aliphatic hydroxyl groups is 1. The molecule has 92 valence electrons. The Morgan fingerprint density at radius 1 is 1.18 bits per heavy atom. The molecule has 1 N–H and O–H groups in total. The van der Waals surface area contributed by atoms with Crippen molar-refractivity contribution in [1.29, 1.82) is 0 Å². The molecule has 1 aromatic carbocycles. The van der Waals surface area contributed by atoms with Crippen molar-refractivity contribution >= 4 is 0 Å². The highest BCUT2D eigenvalue weighted by Gasteiger charge is 2.11. The fourth-order valence-electron chi connectivity index (χ4n) is 2.49. The average molecular weight is 230 g/mol. The molecule has 1 fully saturated rings. The first-order valence-corrected chi connectivity index (χ1v) is 6.75. The van der Waals surface area contributed by atoms with Crippen molar-refractivity contribution in [3.63, 3.8) is 0 Å². The molecule has 0 aliphatic heterocycles. The zero-order valence-corrected chi connectivity index (χ0v) is 10.4. The summed E-state index contributed by atoms with van der Waals surface area (Å²) in [5.41, 5.74) is 1.31. The van der Waals surface area contributed by atoms with E-state index in [2.05, 4.69) is 30.3 Å². The van der Waals surface area contributed by atoms with Crippen molar-refractivity contribution in [2.75, 3.05) is 0 Å². The standard InChI is InChI=1S/C16H22O/c17-16(13-11-15-8-4-5-9-15)12-10-14-6-2-1-3-7-14/h1-3,6-7,11,13,15-17H,4-5,8-10,12H2/b13-11+/t16-/m1/s1. The van der Waals surface area contributed by atoms with Crippen LogP contribution in [0.3, 0.4) is 0 Å². The van der Waals surface area contributed by atoms with Gasteiger partial charge in [0.1, 0.15) is 0 Å². The van der Waals surface area contributed by atoms with Gasteiger partial charge < -0.3 is 5.11 Å². The molecule has 0 heterocycles. The Labute approximate surface area is 104 Å². The molecule has 0 unspecified atom stereocenters. The number of aliphatic hydroxyl groups excluding tert-OH is 1. The summed E-state index contributed by atoms with van der Waals surface area (Å²) in [6.45, 7) is 0. The maximum Gasteiger partial charge on any atom is 0.0724 e. The van der Waals surface area contributed by atoms with E-state index in [-0.39, 0.29) is 6.10 Å². The van der Waals surface area contributed by atoms with Gasteiger partial charge in [0.25, 0.3) is 0 Å². The third kappa shape index (κ3) is 4.35. The summed E-state index contributed by atoms with van der Waals surface area (Å²) in [6.07, 6.45) is 11.1. The molecule has 1 aliphatic carbocycles. The largest absolute Gasteiger partial charge is 0.389 e. The Bertz CT molecular complexity index is 336. The van der Waals surface area contributed by atoms with Crippen LogP contribution in [0.15, 0.2) is 42.5 Å². The molecule has 1 saturated carbocycles. The molecular formula is C16H22O. The molecule has 1 heteroatoms. The second kappa shape index (κ2) is 6.61. The van der Waals surface area contributed by atoms with Crippen LogP contribution in [0.25, 0.3) is 0 Å². The predicted octanol–water partition coefficient (Wildman–Crippen LogP) is 3.73. The van der Waals surface area contributed by atoms with Crippen LogP contribution in [0.4, 0.5) is 0 Å². The minimum absolute atomic E-state index is 0.282. The highest BCUT2D eigenvalue weighted by molar-refractivity contribution is 5.15. The van der Waals surface area contributed by atoms with Gasteiger partial charge in [0.2, 0.25) is 0 Å². The Hall–Kier alpha value is -1.08. The number of allylic oxidation sites excluding steroid dienone is 1. The first-order chi connectivity index (χ1) is 8.34. The van der Waals surface area contributed by atoms with E-state index in [1.54, 1.807) is 0 Å². The van der Waals surface area contributed by atoms with E-state index in [0.717, 1.165) is 18.8 Å². The van der Waals surface area contributed by atoms with Gasteiger partial charge in [-0.15, -0.1) is 0 Å². The number of rotatable bonds is 5. The summed E-state index contributed by atoms with van der Waals surface area (Å²) in [7, 11) is 0. The molecule has 0 amide bonds. The number of benzene rings is 1. The Balaban J connectivity index is 1.71. The fourth-order valence-corrected chi connectivity index (χ4v) is 2.49. The lowest BCUT2D eigenvalue weighted by atomic mass is 10.0. The van der Waals surface area contributed by atoms with Crippen LogP contribution >= 0.6 is 0 Å². The minimum Gasteiger partial charge on any atom is -0.389 e. The van der Waals surface area contributed by atoms with E-state index in [9.17, 15) is 5.11 Å². The summed E-state index contributed by atoms with van der Waals surface area (Å²) >= 11 is 0. The van der Waals surface area contributed by atoms with Gasteiger partial charge in [-0.1, -0.05) is 55.3 Å². The lowest BCUT2D eigenvalue weighted by Crippen LogP contribution is -2.04. The lowest BCUT2D eigenvalue weighted by molar-refractivity contribution is 0.212. The quantitative estimate of drug-likeness (QED) is 0.764. The fraction of sp³-hybridized carbons (Fsp3) is 0.500. The van der Waals surface area contributed by atoms with Crippen molar-refractivity contribution < 1.29 is 5.11 Å². The molecule has 1 nitrogen and oxygen atoms in total. The zero-order valence-electron chi connectivity index (χ0n) is 10.4. The van der Waals surface area contributed by atoms with Crippen LogP contribution in [-0.2, 0) is 6.42 Å². The number of hydrogen-bond donors (Lipinski definition) is 1. The van der Waals surface area contributed by atoms with Crippen molar-refractivity contribution in [3.8, 4) is 0 Å². The van der Waals surface area contributed by atoms with Crippen LogP contribution in [-0.4, -0.2) is 11.2 Å². The molecular weight excluding hydrogens is 208 g/mol. The number of hydrogen-bond acceptors (Lipinski definition) is 1. The second-order valence-corrected chi connectivity index (χ2v) is 5.02. The van der Waals surface area contributed by atoms with Gasteiger partial charge in [-0.05, 0) is 37.2 Å². The van der Waals surface area contributed by atoms with Gasteiger partial charge in [0.15, 0.2) is 0 Å². The van der Waals surface area contributed by atoms with Crippen molar-refractivity contribution in [2.45, 2.75) is 44.6 Å². The highest BCUT2D eigenvalue weighted by atomic mass is 16.3. The van der Waals surface area contributed by atoms with Crippen LogP contribution in [0.5, 0.6) is 0 Å². The molecule has 0 aromatic heterocycles. The Morgan fingerprint density at radius 3 is 2.59 bits per heavy atom. The van der Waals surface area contributed by atoms with Gasteiger partial charge in [-0.3, -0.25) is 0 Å². The molecule has 17 heavy (non-hydrogen) atoms. The molecule has 0 bridgehead atoms. The van der Waals surface area contributed by atoms with Gasteiger partial charge in [-0.2, -0.15) is 0 Å². The average Bonchev–Trinajstić information content (AvgIpc) is 2.88. The predicted molar refractivity (Wildman–Crippen MR) is 71.9 cm³/mol. The number of aryl methyl sites for hydroxylation is 1. The lowest BCUT2D eigenvalue weighted by Gasteiger charge is -2.07. The Kier molecular flexibility index (Phi) is 4.81. The molecule has 0 radical (unpaired) electrons. The van der Waals surface area contributed by atoms with Gasteiger partial charge in [-0.25, -0.2) is 0 Å². The first-order valence-electron chi connectivity index (χ1n) is 6.75. The summed E-state index contributed by atoms with van der Waals surface area (Å²) < 4.78 is 0. The van der Waals surface area contributed by atoms with Crippen LogP contribution in [0, 0.1) is 5.92 Å². The monoisotopic (exact) mass is 230 g/mol. The van der Waals surface area contributed by atoms with Crippen molar-refractivity contribution in [3.05, 3.63) is 48.0 Å². The van der Waals surface area contributed by atoms with Gasteiger partial charge in [0, 0.05) is 0 Å². The van der Waals surface area contributed by atoms with Crippen LogP contribution in [0.1, 0.15) is 37.7 Å². The third-order valence-corrected chi connectivity index (χ3v) is 3.58. The smallest absolute Gasteiger partial charge is 0.0724 e. The highest BCUT2D eigenvalue weighted by Crippen LogP contribution is 2.25. The molecule has 1 atom stereocenters.